The molecule has 2 heterocycles. The zero-order valence-electron chi connectivity index (χ0n) is 14.3. The summed E-state index contributed by atoms with van der Waals surface area (Å²) in [6, 6.07) is 6.26. The van der Waals surface area contributed by atoms with Gasteiger partial charge in [0.05, 0.1) is 29.6 Å². The first-order valence-corrected chi connectivity index (χ1v) is 8.78. The standard InChI is InChI=1S/C17H13F3N4O3S/c1-10-13(5-6-27-10)15-22-23-16(28-9-14(25)26)24(15)21-8-11-3-2-4-12(7-11)17(18,19)20/h2-8H,9H2,1H3,(H,25,26)/p-1/b21-8-. The minimum atomic E-state index is -4.48. The van der Waals surface area contributed by atoms with Crippen molar-refractivity contribution in [2.24, 2.45) is 5.10 Å². The lowest BCUT2D eigenvalue weighted by atomic mass is 10.1. The summed E-state index contributed by atoms with van der Waals surface area (Å²) in [7, 11) is 0. The van der Waals surface area contributed by atoms with Crippen molar-refractivity contribution in [3.63, 3.8) is 0 Å². The fourth-order valence-electron chi connectivity index (χ4n) is 2.29. The number of rotatable bonds is 6. The van der Waals surface area contributed by atoms with Crippen LogP contribution in [0.5, 0.6) is 0 Å². The fourth-order valence-corrected chi connectivity index (χ4v) is 2.89. The van der Waals surface area contributed by atoms with Gasteiger partial charge < -0.3 is 14.3 Å². The molecular formula is C17H12F3N4O3S-. The molecule has 0 saturated carbocycles. The number of carboxylic acid groups (broad SMARTS) is 1. The van der Waals surface area contributed by atoms with E-state index >= 15 is 0 Å². The van der Waals surface area contributed by atoms with Crippen LogP contribution < -0.4 is 5.11 Å². The maximum atomic E-state index is 12.9. The number of aromatic nitrogens is 3. The summed E-state index contributed by atoms with van der Waals surface area (Å²) in [5, 5.41) is 22.9. The molecule has 0 bridgehead atoms. The lowest BCUT2D eigenvalue weighted by Crippen LogP contribution is -2.24. The van der Waals surface area contributed by atoms with Crippen molar-refractivity contribution in [3.8, 4) is 11.4 Å². The predicted molar refractivity (Wildman–Crippen MR) is 92.6 cm³/mol. The molecule has 0 atom stereocenters. The SMILES string of the molecule is Cc1occc1-c1nnc(SCC(=O)[O-])n1/N=C\c1cccc(C(F)(F)F)c1. The third-order valence-corrected chi connectivity index (χ3v) is 4.46. The van der Waals surface area contributed by atoms with Gasteiger partial charge in [-0.2, -0.15) is 22.9 Å². The number of carboxylic acids is 1. The van der Waals surface area contributed by atoms with E-state index < -0.39 is 17.7 Å². The van der Waals surface area contributed by atoms with Gasteiger partial charge in [-0.25, -0.2) is 0 Å². The average Bonchev–Trinajstić information content (AvgIpc) is 3.23. The number of aliphatic carboxylic acids is 1. The summed E-state index contributed by atoms with van der Waals surface area (Å²) in [6.45, 7) is 1.69. The number of aryl methyl sites for hydroxylation is 1. The number of alkyl halides is 3. The summed E-state index contributed by atoms with van der Waals surface area (Å²) in [5.74, 6) is -0.904. The van der Waals surface area contributed by atoms with Crippen molar-refractivity contribution in [2.45, 2.75) is 18.3 Å². The quantitative estimate of drug-likeness (QED) is 0.459. The van der Waals surface area contributed by atoms with Crippen molar-refractivity contribution in [2.75, 3.05) is 5.75 Å². The Morgan fingerprint density at radius 3 is 2.79 bits per heavy atom. The van der Waals surface area contributed by atoms with Crippen molar-refractivity contribution < 1.29 is 27.5 Å². The second kappa shape index (κ2) is 7.89. The van der Waals surface area contributed by atoms with E-state index in [9.17, 15) is 23.1 Å². The minimum Gasteiger partial charge on any atom is -0.549 e. The van der Waals surface area contributed by atoms with E-state index in [0.29, 0.717) is 11.3 Å². The van der Waals surface area contributed by atoms with E-state index in [2.05, 4.69) is 15.3 Å². The highest BCUT2D eigenvalue weighted by molar-refractivity contribution is 7.99. The van der Waals surface area contributed by atoms with Crippen LogP contribution in [-0.4, -0.2) is 32.8 Å². The lowest BCUT2D eigenvalue weighted by molar-refractivity contribution is -0.301. The molecule has 1 aromatic carbocycles. The van der Waals surface area contributed by atoms with E-state index in [1.807, 2.05) is 0 Å². The second-order valence-electron chi connectivity index (χ2n) is 5.54. The molecule has 0 fully saturated rings. The monoisotopic (exact) mass is 409 g/mol. The number of furan rings is 1. The number of benzene rings is 1. The number of halogens is 3. The average molecular weight is 409 g/mol. The Morgan fingerprint density at radius 1 is 1.36 bits per heavy atom. The van der Waals surface area contributed by atoms with Crippen LogP contribution >= 0.6 is 11.8 Å². The van der Waals surface area contributed by atoms with E-state index in [1.165, 1.54) is 29.3 Å². The van der Waals surface area contributed by atoms with Gasteiger partial charge in [-0.05, 0) is 30.7 Å². The number of nitrogens with zero attached hydrogens (tertiary/aromatic N) is 4. The van der Waals surface area contributed by atoms with Crippen LogP contribution in [0.1, 0.15) is 16.9 Å². The van der Waals surface area contributed by atoms with E-state index in [4.69, 9.17) is 4.42 Å². The van der Waals surface area contributed by atoms with E-state index in [1.54, 1.807) is 13.0 Å². The molecule has 0 radical (unpaired) electrons. The summed E-state index contributed by atoms with van der Waals surface area (Å²) < 4.78 is 45.1. The van der Waals surface area contributed by atoms with Crippen LogP contribution in [0.3, 0.4) is 0 Å². The first kappa shape index (κ1) is 19.7. The van der Waals surface area contributed by atoms with Crippen LogP contribution in [0, 0.1) is 6.92 Å². The van der Waals surface area contributed by atoms with Crippen LogP contribution in [0.4, 0.5) is 13.2 Å². The number of carbonyl (C=O) groups is 1. The molecule has 0 aliphatic rings. The normalized spacial score (nSPS) is 12.0. The number of hydrogen-bond acceptors (Lipinski definition) is 7. The molecule has 0 unspecified atom stereocenters. The zero-order chi connectivity index (χ0) is 20.3. The molecular weight excluding hydrogens is 397 g/mol. The molecule has 2 aromatic heterocycles. The third-order valence-electron chi connectivity index (χ3n) is 3.57. The van der Waals surface area contributed by atoms with Gasteiger partial charge in [0.2, 0.25) is 5.16 Å². The van der Waals surface area contributed by atoms with Crippen LogP contribution in [0.25, 0.3) is 11.4 Å². The number of thioether (sulfide) groups is 1. The van der Waals surface area contributed by atoms with Gasteiger partial charge in [0.25, 0.3) is 0 Å². The van der Waals surface area contributed by atoms with Crippen molar-refractivity contribution >= 4 is 23.9 Å². The molecule has 28 heavy (non-hydrogen) atoms. The number of carbonyl (C=O) groups excluding carboxylic acids is 1. The smallest absolute Gasteiger partial charge is 0.416 e. The molecule has 0 spiro atoms. The van der Waals surface area contributed by atoms with Gasteiger partial charge in [0, 0.05) is 5.75 Å². The number of hydrogen-bond donors (Lipinski definition) is 0. The maximum Gasteiger partial charge on any atom is 0.416 e. The Balaban J connectivity index is 1.99. The van der Waals surface area contributed by atoms with Crippen molar-refractivity contribution in [1.29, 1.82) is 0 Å². The van der Waals surface area contributed by atoms with Crippen molar-refractivity contribution in [1.82, 2.24) is 14.9 Å². The highest BCUT2D eigenvalue weighted by Gasteiger charge is 2.30. The fraction of sp³-hybridized carbons (Fsp3) is 0.176. The highest BCUT2D eigenvalue weighted by atomic mass is 32.2. The second-order valence-corrected chi connectivity index (χ2v) is 6.48. The van der Waals surface area contributed by atoms with Gasteiger partial charge in [-0.3, -0.25) is 0 Å². The Bertz CT molecular complexity index is 1030. The summed E-state index contributed by atoms with van der Waals surface area (Å²) in [4.78, 5) is 10.7. The van der Waals surface area contributed by atoms with Crippen LogP contribution in [-0.2, 0) is 11.0 Å². The molecule has 7 nitrogen and oxygen atoms in total. The molecule has 0 aliphatic carbocycles. The van der Waals surface area contributed by atoms with Gasteiger partial charge in [-0.15, -0.1) is 10.2 Å². The Kier molecular flexibility index (Phi) is 5.54. The van der Waals surface area contributed by atoms with E-state index in [0.717, 1.165) is 23.9 Å². The van der Waals surface area contributed by atoms with Gasteiger partial charge in [0.1, 0.15) is 5.76 Å². The molecule has 0 saturated heterocycles. The Morgan fingerprint density at radius 2 is 2.14 bits per heavy atom. The molecule has 3 aromatic rings. The molecule has 11 heteroatoms. The molecule has 0 N–H and O–H groups in total. The first-order chi connectivity index (χ1) is 13.3. The first-order valence-electron chi connectivity index (χ1n) is 7.80. The Labute approximate surface area is 160 Å². The van der Waals surface area contributed by atoms with Gasteiger partial charge >= 0.3 is 6.18 Å². The summed E-state index contributed by atoms with van der Waals surface area (Å²) >= 11 is 0.825. The zero-order valence-corrected chi connectivity index (χ0v) is 15.1. The topological polar surface area (TPSA) is 96.3 Å². The highest BCUT2D eigenvalue weighted by Crippen LogP contribution is 2.30. The molecule has 3 rings (SSSR count). The lowest BCUT2D eigenvalue weighted by Gasteiger charge is -2.07. The largest absolute Gasteiger partial charge is 0.549 e. The van der Waals surface area contributed by atoms with Gasteiger partial charge in [-0.1, -0.05) is 23.9 Å². The van der Waals surface area contributed by atoms with E-state index in [-0.39, 0.29) is 22.3 Å². The molecule has 0 aliphatic heterocycles. The van der Waals surface area contributed by atoms with Crippen LogP contribution in [0.15, 0.2) is 51.3 Å². The molecule has 146 valence electrons. The summed E-state index contributed by atoms with van der Waals surface area (Å²) in [6.07, 6.45) is -1.83. The third kappa shape index (κ3) is 4.42. The summed E-state index contributed by atoms with van der Waals surface area (Å²) in [5.41, 5.74) is -0.0408. The maximum absolute atomic E-state index is 12.9. The van der Waals surface area contributed by atoms with Gasteiger partial charge in [0.15, 0.2) is 5.82 Å². The van der Waals surface area contributed by atoms with Crippen LogP contribution in [0.2, 0.25) is 0 Å². The Hall–Kier alpha value is -3.08. The van der Waals surface area contributed by atoms with Crippen molar-refractivity contribution in [3.05, 3.63) is 53.5 Å². The molecule has 0 amide bonds. The predicted octanol–water partition coefficient (Wildman–Crippen LogP) is 2.59. The minimum absolute atomic E-state index is 0.142.